The van der Waals surface area contributed by atoms with Gasteiger partial charge in [-0.2, -0.15) is 0 Å². The molecular weight excluding hydrogens is 394 g/mol. The molecule has 1 aromatic carbocycles. The number of rotatable bonds is 3. The van der Waals surface area contributed by atoms with Crippen LogP contribution >= 0.6 is 15.9 Å². The normalized spacial score (nSPS) is 24.5. The number of esters is 1. The standard InChI is InChI=1S/C21H24BrNO3/c1-5-26-20(25)17-12(2)23-15-10-21(3,4)11-16(24)19(15)18(17)13-6-8-14(22)9-7-13/h6-10,18-19,23H,5,11H2,1-4H3. The van der Waals surface area contributed by atoms with Crippen molar-refractivity contribution in [1.82, 2.24) is 5.32 Å². The smallest absolute Gasteiger partial charge is 0.336 e. The zero-order valence-electron chi connectivity index (χ0n) is 15.6. The van der Waals surface area contributed by atoms with E-state index in [1.165, 1.54) is 0 Å². The van der Waals surface area contributed by atoms with Gasteiger partial charge in [0.25, 0.3) is 0 Å². The highest BCUT2D eigenvalue weighted by Gasteiger charge is 2.46. The number of allylic oxidation sites excluding steroid dienone is 3. The Morgan fingerprint density at radius 3 is 2.54 bits per heavy atom. The van der Waals surface area contributed by atoms with Gasteiger partial charge in [-0.15, -0.1) is 0 Å². The first-order valence-corrected chi connectivity index (χ1v) is 9.68. The lowest BCUT2D eigenvalue weighted by Crippen LogP contribution is -2.43. The molecule has 2 aliphatic rings. The molecule has 1 heterocycles. The van der Waals surface area contributed by atoms with Crippen molar-refractivity contribution in [2.45, 2.75) is 40.0 Å². The largest absolute Gasteiger partial charge is 0.463 e. The average Bonchev–Trinajstić information content (AvgIpc) is 2.53. The van der Waals surface area contributed by atoms with Gasteiger partial charge >= 0.3 is 5.97 Å². The van der Waals surface area contributed by atoms with E-state index in [1.807, 2.05) is 31.2 Å². The van der Waals surface area contributed by atoms with E-state index in [2.05, 4.69) is 41.2 Å². The van der Waals surface area contributed by atoms with Crippen molar-refractivity contribution in [2.75, 3.05) is 6.61 Å². The Bertz CT molecular complexity index is 805. The molecule has 0 bridgehead atoms. The minimum absolute atomic E-state index is 0.155. The highest BCUT2D eigenvalue weighted by Crippen LogP contribution is 2.47. The van der Waals surface area contributed by atoms with E-state index in [0.717, 1.165) is 21.4 Å². The van der Waals surface area contributed by atoms with Crippen molar-refractivity contribution in [3.8, 4) is 0 Å². The molecule has 3 rings (SSSR count). The summed E-state index contributed by atoms with van der Waals surface area (Å²) in [6, 6.07) is 7.82. The molecule has 5 heteroatoms. The van der Waals surface area contributed by atoms with Crippen molar-refractivity contribution in [3.63, 3.8) is 0 Å². The van der Waals surface area contributed by atoms with Crippen molar-refractivity contribution < 1.29 is 14.3 Å². The summed E-state index contributed by atoms with van der Waals surface area (Å²) in [5.41, 5.74) is 2.95. The topological polar surface area (TPSA) is 55.4 Å². The van der Waals surface area contributed by atoms with Crippen molar-refractivity contribution in [2.24, 2.45) is 11.3 Å². The van der Waals surface area contributed by atoms with Crippen LogP contribution in [0.5, 0.6) is 0 Å². The minimum atomic E-state index is -0.382. The fourth-order valence-corrected chi connectivity index (χ4v) is 4.24. The maximum absolute atomic E-state index is 13.1. The quantitative estimate of drug-likeness (QED) is 0.736. The van der Waals surface area contributed by atoms with Gasteiger partial charge in [0.15, 0.2) is 0 Å². The molecule has 2 unspecified atom stereocenters. The van der Waals surface area contributed by atoms with Gasteiger partial charge in [0.1, 0.15) is 5.78 Å². The molecule has 0 saturated heterocycles. The lowest BCUT2D eigenvalue weighted by atomic mass is 9.66. The molecule has 4 nitrogen and oxygen atoms in total. The third-order valence-electron chi connectivity index (χ3n) is 4.96. The van der Waals surface area contributed by atoms with E-state index in [4.69, 9.17) is 4.74 Å². The zero-order chi connectivity index (χ0) is 19.1. The summed E-state index contributed by atoms with van der Waals surface area (Å²) in [5, 5.41) is 3.31. The molecule has 1 aliphatic carbocycles. The van der Waals surface area contributed by atoms with Crippen molar-refractivity contribution >= 4 is 27.7 Å². The summed E-state index contributed by atoms with van der Waals surface area (Å²) >= 11 is 3.45. The van der Waals surface area contributed by atoms with Gasteiger partial charge in [0, 0.05) is 28.2 Å². The van der Waals surface area contributed by atoms with Crippen LogP contribution < -0.4 is 5.32 Å². The number of hydrogen-bond acceptors (Lipinski definition) is 4. The summed E-state index contributed by atoms with van der Waals surface area (Å²) in [7, 11) is 0. The van der Waals surface area contributed by atoms with Crippen LogP contribution in [0.4, 0.5) is 0 Å². The number of carbonyl (C=O) groups is 2. The summed E-state index contributed by atoms with van der Waals surface area (Å²) in [5.74, 6) is -0.921. The SMILES string of the molecule is CCOC(=O)C1=C(C)NC2=CC(C)(C)CC(=O)C2C1c1ccc(Br)cc1. The van der Waals surface area contributed by atoms with Gasteiger partial charge in [-0.1, -0.05) is 48.0 Å². The molecule has 2 atom stereocenters. The number of Topliss-reactive ketones (excluding diaryl/α,β-unsaturated/α-hetero) is 1. The number of hydrogen-bond donors (Lipinski definition) is 1. The third kappa shape index (κ3) is 3.50. The molecule has 26 heavy (non-hydrogen) atoms. The molecule has 0 aromatic heterocycles. The maximum atomic E-state index is 13.1. The van der Waals surface area contributed by atoms with Crippen LogP contribution in [-0.2, 0) is 14.3 Å². The van der Waals surface area contributed by atoms with Gasteiger partial charge in [-0.3, -0.25) is 4.79 Å². The third-order valence-corrected chi connectivity index (χ3v) is 5.49. The molecule has 1 aromatic rings. The van der Waals surface area contributed by atoms with Crippen LogP contribution in [0, 0.1) is 11.3 Å². The van der Waals surface area contributed by atoms with Gasteiger partial charge in [-0.05, 0) is 37.0 Å². The van der Waals surface area contributed by atoms with E-state index in [9.17, 15) is 9.59 Å². The average molecular weight is 418 g/mol. The first-order valence-electron chi connectivity index (χ1n) is 8.89. The predicted molar refractivity (Wildman–Crippen MR) is 104 cm³/mol. The van der Waals surface area contributed by atoms with Gasteiger partial charge < -0.3 is 10.1 Å². The van der Waals surface area contributed by atoms with E-state index in [-0.39, 0.29) is 29.0 Å². The number of benzene rings is 1. The summed E-state index contributed by atoms with van der Waals surface area (Å²) in [6.07, 6.45) is 2.60. The first kappa shape index (κ1) is 18.9. The van der Waals surface area contributed by atoms with Crippen LogP contribution in [0.2, 0.25) is 0 Å². The van der Waals surface area contributed by atoms with E-state index in [1.54, 1.807) is 6.92 Å². The lowest BCUT2D eigenvalue weighted by Gasteiger charge is -2.41. The molecule has 0 fully saturated rings. The Balaban J connectivity index is 2.18. The van der Waals surface area contributed by atoms with Crippen LogP contribution in [-0.4, -0.2) is 18.4 Å². The van der Waals surface area contributed by atoms with E-state index < -0.39 is 0 Å². The second-order valence-corrected chi connectivity index (χ2v) is 8.54. The molecule has 1 aliphatic heterocycles. The molecular formula is C21H24BrNO3. The highest BCUT2D eigenvalue weighted by molar-refractivity contribution is 9.10. The summed E-state index contributed by atoms with van der Waals surface area (Å²) in [6.45, 7) is 8.09. The predicted octanol–water partition coefficient (Wildman–Crippen LogP) is 4.47. The minimum Gasteiger partial charge on any atom is -0.463 e. The lowest BCUT2D eigenvalue weighted by molar-refractivity contribution is -0.139. The number of fused-ring (bicyclic) bond motifs is 1. The van der Waals surface area contributed by atoms with Crippen molar-refractivity contribution in [1.29, 1.82) is 0 Å². The van der Waals surface area contributed by atoms with E-state index >= 15 is 0 Å². The second kappa shape index (κ2) is 7.03. The zero-order valence-corrected chi connectivity index (χ0v) is 17.1. The number of nitrogens with one attached hydrogen (secondary N) is 1. The monoisotopic (exact) mass is 417 g/mol. The van der Waals surface area contributed by atoms with Crippen molar-refractivity contribution in [3.05, 3.63) is 57.3 Å². The van der Waals surface area contributed by atoms with Gasteiger partial charge in [-0.25, -0.2) is 4.79 Å². The van der Waals surface area contributed by atoms with Crippen LogP contribution in [0.25, 0.3) is 0 Å². The molecule has 0 spiro atoms. The Labute approximate surface area is 162 Å². The van der Waals surface area contributed by atoms with Crippen LogP contribution in [0.15, 0.2) is 51.8 Å². The van der Waals surface area contributed by atoms with Gasteiger partial charge in [0.2, 0.25) is 0 Å². The van der Waals surface area contributed by atoms with Crippen LogP contribution in [0.1, 0.15) is 45.6 Å². The fraction of sp³-hybridized carbons (Fsp3) is 0.429. The Hall–Kier alpha value is -1.88. The fourth-order valence-electron chi connectivity index (χ4n) is 3.98. The number of ether oxygens (including phenoxy) is 1. The van der Waals surface area contributed by atoms with Gasteiger partial charge in [0.05, 0.1) is 18.1 Å². The second-order valence-electron chi connectivity index (χ2n) is 7.62. The molecule has 1 N–H and O–H groups in total. The summed E-state index contributed by atoms with van der Waals surface area (Å²) in [4.78, 5) is 25.8. The molecule has 0 saturated carbocycles. The van der Waals surface area contributed by atoms with Crippen LogP contribution in [0.3, 0.4) is 0 Å². The Morgan fingerprint density at radius 2 is 1.92 bits per heavy atom. The molecule has 0 radical (unpaired) electrons. The number of halogens is 1. The Kier molecular flexibility index (Phi) is 5.11. The number of carbonyl (C=O) groups excluding carboxylic acids is 2. The molecule has 0 amide bonds. The summed E-state index contributed by atoms with van der Waals surface area (Å²) < 4.78 is 6.27. The Morgan fingerprint density at radius 1 is 1.27 bits per heavy atom. The molecule has 138 valence electrons. The maximum Gasteiger partial charge on any atom is 0.336 e. The van der Waals surface area contributed by atoms with E-state index in [0.29, 0.717) is 18.6 Å². The highest BCUT2D eigenvalue weighted by atomic mass is 79.9. The first-order chi connectivity index (χ1) is 12.2. The number of ketones is 1.